The number of likely N-dealkylation sites (N-methyl/N-ethyl adjacent to an activating group) is 1. The van der Waals surface area contributed by atoms with Crippen LogP contribution >= 0.6 is 0 Å². The second kappa shape index (κ2) is 8.19. The van der Waals surface area contributed by atoms with Crippen LogP contribution in [0, 0.1) is 5.92 Å². The van der Waals surface area contributed by atoms with E-state index in [4.69, 9.17) is 5.73 Å². The molecule has 5 heteroatoms. The molecule has 2 N–H and O–H groups in total. The summed E-state index contributed by atoms with van der Waals surface area (Å²) in [6.07, 6.45) is 2.23. The zero-order valence-corrected chi connectivity index (χ0v) is 15.7. The number of nitrogens with zero attached hydrogens (tertiary/aromatic N) is 3. The van der Waals surface area contributed by atoms with E-state index in [9.17, 15) is 4.79 Å². The number of amides is 1. The summed E-state index contributed by atoms with van der Waals surface area (Å²) in [5.74, 6) is 0.612. The van der Waals surface area contributed by atoms with Crippen LogP contribution in [0.15, 0.2) is 24.3 Å². The average molecular weight is 345 g/mol. The van der Waals surface area contributed by atoms with Crippen molar-refractivity contribution in [3.63, 3.8) is 0 Å². The largest absolute Gasteiger partial charge is 0.369 e. The molecule has 3 rings (SSSR count). The Hall–Kier alpha value is -1.59. The number of hydrogen-bond acceptors (Lipinski definition) is 4. The lowest BCUT2D eigenvalue weighted by molar-refractivity contribution is 0.0532. The number of carbonyl (C=O) groups is 1. The molecule has 0 bridgehead atoms. The van der Waals surface area contributed by atoms with E-state index in [2.05, 4.69) is 35.8 Å². The van der Waals surface area contributed by atoms with Gasteiger partial charge in [0.2, 0.25) is 0 Å². The zero-order chi connectivity index (χ0) is 17.8. The van der Waals surface area contributed by atoms with E-state index in [1.54, 1.807) is 0 Å². The Bertz CT molecular complexity index is 566. The van der Waals surface area contributed by atoms with Crippen molar-refractivity contribution < 1.29 is 4.79 Å². The van der Waals surface area contributed by atoms with Crippen molar-refractivity contribution in [3.8, 4) is 0 Å². The molecule has 0 aromatic heterocycles. The van der Waals surface area contributed by atoms with E-state index in [0.29, 0.717) is 12.5 Å². The monoisotopic (exact) mass is 344 g/mol. The molecule has 1 amide bonds. The van der Waals surface area contributed by atoms with Crippen molar-refractivity contribution in [2.45, 2.75) is 32.7 Å². The highest BCUT2D eigenvalue weighted by molar-refractivity contribution is 5.95. The number of nitrogens with two attached hydrogens (primary N) is 1. The van der Waals surface area contributed by atoms with Crippen LogP contribution in [0.25, 0.3) is 0 Å². The number of piperazine rings is 1. The third-order valence-electron chi connectivity index (χ3n) is 5.92. The highest BCUT2D eigenvalue weighted by Gasteiger charge is 2.31. The normalized spacial score (nSPS) is 25.2. The molecule has 0 spiro atoms. The molecule has 2 aliphatic heterocycles. The van der Waals surface area contributed by atoms with Gasteiger partial charge in [-0.05, 0) is 49.6 Å². The zero-order valence-electron chi connectivity index (χ0n) is 15.7. The number of rotatable bonds is 4. The van der Waals surface area contributed by atoms with Crippen molar-refractivity contribution in [1.29, 1.82) is 0 Å². The summed E-state index contributed by atoms with van der Waals surface area (Å²) in [6, 6.07) is 8.33. The highest BCUT2D eigenvalue weighted by Crippen LogP contribution is 2.25. The van der Waals surface area contributed by atoms with Crippen molar-refractivity contribution in [2.24, 2.45) is 11.7 Å². The molecule has 5 nitrogen and oxygen atoms in total. The van der Waals surface area contributed by atoms with Gasteiger partial charge in [0.25, 0.3) is 5.91 Å². The number of anilines is 1. The first-order chi connectivity index (χ1) is 12.1. The lowest BCUT2D eigenvalue weighted by atomic mass is 9.90. The van der Waals surface area contributed by atoms with Gasteiger partial charge in [0.05, 0.1) is 0 Å². The number of hydrogen-bond donors (Lipinski definition) is 1. The van der Waals surface area contributed by atoms with E-state index >= 15 is 0 Å². The van der Waals surface area contributed by atoms with E-state index < -0.39 is 0 Å². The molecule has 0 aliphatic carbocycles. The first-order valence-electron chi connectivity index (χ1n) is 9.72. The Morgan fingerprint density at radius 3 is 2.40 bits per heavy atom. The smallest absolute Gasteiger partial charge is 0.254 e. The molecule has 138 valence electrons. The second-order valence-electron chi connectivity index (χ2n) is 7.39. The lowest BCUT2D eigenvalue weighted by Crippen LogP contribution is -2.51. The Morgan fingerprint density at radius 1 is 1.12 bits per heavy atom. The van der Waals surface area contributed by atoms with Crippen LogP contribution in [0.5, 0.6) is 0 Å². The summed E-state index contributed by atoms with van der Waals surface area (Å²) in [4.78, 5) is 19.8. The number of likely N-dealkylation sites (tertiary alicyclic amines) is 1. The van der Waals surface area contributed by atoms with Gasteiger partial charge in [-0.1, -0.05) is 13.8 Å². The van der Waals surface area contributed by atoms with E-state index in [-0.39, 0.29) is 11.9 Å². The van der Waals surface area contributed by atoms with Crippen LogP contribution in [-0.4, -0.2) is 67.6 Å². The van der Waals surface area contributed by atoms with Crippen LogP contribution < -0.4 is 10.6 Å². The second-order valence-corrected chi connectivity index (χ2v) is 7.39. The molecular formula is C20H32N4O. The van der Waals surface area contributed by atoms with E-state index in [0.717, 1.165) is 57.7 Å². The third kappa shape index (κ3) is 3.98. The summed E-state index contributed by atoms with van der Waals surface area (Å²) < 4.78 is 0. The van der Waals surface area contributed by atoms with Gasteiger partial charge in [0.15, 0.2) is 0 Å². The van der Waals surface area contributed by atoms with Gasteiger partial charge < -0.3 is 20.4 Å². The van der Waals surface area contributed by atoms with Crippen LogP contribution in [0.3, 0.4) is 0 Å². The summed E-state index contributed by atoms with van der Waals surface area (Å²) in [7, 11) is 0. The van der Waals surface area contributed by atoms with Crippen molar-refractivity contribution in [1.82, 2.24) is 9.80 Å². The first kappa shape index (κ1) is 18.2. The first-order valence-corrected chi connectivity index (χ1v) is 9.72. The fourth-order valence-electron chi connectivity index (χ4n) is 4.16. The average Bonchev–Trinajstić information content (AvgIpc) is 2.67. The Labute approximate surface area is 151 Å². The molecular weight excluding hydrogens is 312 g/mol. The Morgan fingerprint density at radius 2 is 1.80 bits per heavy atom. The number of carbonyl (C=O) groups excluding carboxylic acids is 1. The summed E-state index contributed by atoms with van der Waals surface area (Å²) in [6.45, 7) is 11.3. The molecule has 2 heterocycles. The number of piperidine rings is 1. The predicted octanol–water partition coefficient (Wildman–Crippen LogP) is 2.03. The Kier molecular flexibility index (Phi) is 5.97. The highest BCUT2D eigenvalue weighted by atomic mass is 16.2. The maximum Gasteiger partial charge on any atom is 0.254 e. The Balaban J connectivity index is 1.66. The molecule has 0 saturated carbocycles. The van der Waals surface area contributed by atoms with Gasteiger partial charge in [-0.2, -0.15) is 0 Å². The maximum absolute atomic E-state index is 12.9. The molecule has 2 saturated heterocycles. The molecule has 1 aromatic carbocycles. The van der Waals surface area contributed by atoms with Crippen LogP contribution in [0.4, 0.5) is 5.69 Å². The molecule has 2 aliphatic rings. The topological polar surface area (TPSA) is 52.8 Å². The SMILES string of the molecule is CCN1CCN(c2ccc(C(=O)N3CCC[C@H](C)[C@H]3CN)cc2)CC1. The van der Waals surface area contributed by atoms with Crippen LogP contribution in [0.2, 0.25) is 0 Å². The third-order valence-corrected chi connectivity index (χ3v) is 5.92. The predicted molar refractivity (Wildman–Crippen MR) is 103 cm³/mol. The van der Waals surface area contributed by atoms with Gasteiger partial charge in [-0.15, -0.1) is 0 Å². The fourth-order valence-corrected chi connectivity index (χ4v) is 4.16. The fraction of sp³-hybridized carbons (Fsp3) is 0.650. The van der Waals surface area contributed by atoms with Crippen molar-refractivity contribution in [3.05, 3.63) is 29.8 Å². The molecule has 0 unspecified atom stereocenters. The minimum Gasteiger partial charge on any atom is -0.369 e. The van der Waals surface area contributed by atoms with Crippen LogP contribution in [0.1, 0.15) is 37.0 Å². The molecule has 2 fully saturated rings. The quantitative estimate of drug-likeness (QED) is 0.908. The molecule has 1 aromatic rings. The summed E-state index contributed by atoms with van der Waals surface area (Å²) in [5, 5.41) is 0. The minimum absolute atomic E-state index is 0.129. The summed E-state index contributed by atoms with van der Waals surface area (Å²) in [5.41, 5.74) is 7.94. The lowest BCUT2D eigenvalue weighted by Gasteiger charge is -2.39. The molecule has 25 heavy (non-hydrogen) atoms. The minimum atomic E-state index is 0.129. The van der Waals surface area contributed by atoms with Gasteiger partial charge in [0.1, 0.15) is 0 Å². The standard InChI is InChI=1S/C20H32N4O/c1-3-22-11-13-23(14-12-22)18-8-6-17(7-9-18)20(25)24-10-4-5-16(2)19(24)15-21/h6-9,16,19H,3-5,10-15,21H2,1-2H3/t16-,19+/m0/s1. The van der Waals surface area contributed by atoms with E-state index in [1.807, 2.05) is 17.0 Å². The van der Waals surface area contributed by atoms with Crippen molar-refractivity contribution in [2.75, 3.05) is 50.7 Å². The van der Waals surface area contributed by atoms with Gasteiger partial charge in [-0.3, -0.25) is 4.79 Å². The van der Waals surface area contributed by atoms with Gasteiger partial charge >= 0.3 is 0 Å². The molecule has 2 atom stereocenters. The van der Waals surface area contributed by atoms with Gasteiger partial charge in [0, 0.05) is 56.6 Å². The summed E-state index contributed by atoms with van der Waals surface area (Å²) >= 11 is 0. The number of benzene rings is 1. The maximum atomic E-state index is 12.9. The molecule has 0 radical (unpaired) electrons. The van der Waals surface area contributed by atoms with Gasteiger partial charge in [-0.25, -0.2) is 0 Å². The van der Waals surface area contributed by atoms with E-state index in [1.165, 1.54) is 5.69 Å². The van der Waals surface area contributed by atoms with Crippen molar-refractivity contribution >= 4 is 11.6 Å². The van der Waals surface area contributed by atoms with Crippen LogP contribution in [-0.2, 0) is 0 Å².